The maximum absolute atomic E-state index is 12.5. The van der Waals surface area contributed by atoms with Gasteiger partial charge in [0.25, 0.3) is 21.6 Å². The number of non-ortho nitro benzene ring substituents is 1. The fourth-order valence-electron chi connectivity index (χ4n) is 2.19. The number of para-hydroxylation sites is 1. The zero-order valence-corrected chi connectivity index (χ0v) is 15.3. The summed E-state index contributed by atoms with van der Waals surface area (Å²) >= 11 is 0.983. The normalized spacial score (nSPS) is 11.0. The Morgan fingerprint density at radius 1 is 1.00 bits per heavy atom. The molecule has 1 heterocycles. The van der Waals surface area contributed by atoms with Gasteiger partial charge in [0.2, 0.25) is 0 Å². The van der Waals surface area contributed by atoms with Crippen molar-refractivity contribution in [3.05, 3.63) is 81.0 Å². The van der Waals surface area contributed by atoms with Crippen LogP contribution in [-0.2, 0) is 10.0 Å². The predicted molar refractivity (Wildman–Crippen MR) is 103 cm³/mol. The van der Waals surface area contributed by atoms with Gasteiger partial charge in [-0.25, -0.2) is 8.42 Å². The molecule has 0 saturated carbocycles. The third-order valence-corrected chi connectivity index (χ3v) is 5.89. The number of amides is 1. The molecule has 0 saturated heterocycles. The van der Waals surface area contributed by atoms with Crippen LogP contribution in [0.5, 0.6) is 0 Å². The molecule has 0 radical (unpaired) electrons. The molecule has 0 aliphatic heterocycles. The molecule has 0 fully saturated rings. The molecule has 27 heavy (non-hydrogen) atoms. The van der Waals surface area contributed by atoms with E-state index in [1.807, 2.05) is 6.07 Å². The third kappa shape index (κ3) is 4.49. The summed E-state index contributed by atoms with van der Waals surface area (Å²) in [4.78, 5) is 22.5. The molecular weight excluding hydrogens is 390 g/mol. The van der Waals surface area contributed by atoms with Gasteiger partial charge in [-0.15, -0.1) is 11.3 Å². The first-order valence-corrected chi connectivity index (χ1v) is 9.94. The molecule has 2 aromatic carbocycles. The number of rotatable bonds is 6. The summed E-state index contributed by atoms with van der Waals surface area (Å²) < 4.78 is 27.2. The third-order valence-electron chi connectivity index (χ3n) is 3.45. The summed E-state index contributed by atoms with van der Waals surface area (Å²) in [5, 5.41) is 14.8. The van der Waals surface area contributed by atoms with Crippen LogP contribution in [0.25, 0.3) is 0 Å². The number of thiophene rings is 1. The Morgan fingerprint density at radius 2 is 1.70 bits per heavy atom. The van der Waals surface area contributed by atoms with Crippen LogP contribution in [-0.4, -0.2) is 19.2 Å². The Hall–Kier alpha value is -3.24. The van der Waals surface area contributed by atoms with Crippen molar-refractivity contribution in [3.63, 3.8) is 0 Å². The number of carbonyl (C=O) groups is 1. The predicted octanol–water partition coefficient (Wildman–Crippen LogP) is 3.71. The first kappa shape index (κ1) is 18.5. The van der Waals surface area contributed by atoms with E-state index in [1.54, 1.807) is 24.3 Å². The van der Waals surface area contributed by atoms with Crippen LogP contribution in [0.15, 0.2) is 70.9 Å². The molecule has 0 spiro atoms. The Labute approximate surface area is 158 Å². The molecule has 3 rings (SSSR count). The minimum atomic E-state index is -3.98. The van der Waals surface area contributed by atoms with Gasteiger partial charge in [-0.3, -0.25) is 19.6 Å². The highest BCUT2D eigenvalue weighted by Crippen LogP contribution is 2.24. The number of hydrogen-bond acceptors (Lipinski definition) is 6. The molecule has 2 N–H and O–H groups in total. The summed E-state index contributed by atoms with van der Waals surface area (Å²) in [6.45, 7) is 0. The minimum Gasteiger partial charge on any atom is -0.321 e. The van der Waals surface area contributed by atoms with Crippen molar-refractivity contribution in [2.75, 3.05) is 10.0 Å². The van der Waals surface area contributed by atoms with Crippen LogP contribution in [0.1, 0.15) is 9.67 Å². The van der Waals surface area contributed by atoms with E-state index in [1.165, 1.54) is 29.6 Å². The van der Waals surface area contributed by atoms with Crippen molar-refractivity contribution in [2.24, 2.45) is 0 Å². The molecule has 0 unspecified atom stereocenters. The van der Waals surface area contributed by atoms with Crippen LogP contribution < -0.4 is 10.0 Å². The van der Waals surface area contributed by atoms with E-state index in [9.17, 15) is 23.3 Å². The van der Waals surface area contributed by atoms with Gasteiger partial charge in [-0.05, 0) is 24.3 Å². The molecule has 10 heteroatoms. The molecule has 0 aliphatic rings. The smallest absolute Gasteiger partial charge is 0.271 e. The number of carbonyl (C=O) groups excluding carboxylic acids is 1. The van der Waals surface area contributed by atoms with Gasteiger partial charge in [-0.2, -0.15) is 0 Å². The van der Waals surface area contributed by atoms with Crippen LogP contribution >= 0.6 is 11.3 Å². The number of nitrogens with one attached hydrogen (secondary N) is 2. The largest absolute Gasteiger partial charge is 0.321 e. The summed E-state index contributed by atoms with van der Waals surface area (Å²) in [5.41, 5.74) is 0.421. The van der Waals surface area contributed by atoms with Crippen LogP contribution in [0.3, 0.4) is 0 Å². The van der Waals surface area contributed by atoms with Crippen molar-refractivity contribution >= 4 is 44.3 Å². The average molecular weight is 403 g/mol. The number of anilines is 2. The number of nitro benzene ring substituents is 1. The highest BCUT2D eigenvalue weighted by atomic mass is 32.2. The average Bonchev–Trinajstić information content (AvgIpc) is 3.14. The van der Waals surface area contributed by atoms with Crippen molar-refractivity contribution in [1.82, 2.24) is 0 Å². The van der Waals surface area contributed by atoms with E-state index in [0.717, 1.165) is 17.4 Å². The number of nitro groups is 1. The lowest BCUT2D eigenvalue weighted by atomic mass is 10.3. The van der Waals surface area contributed by atoms with Crippen LogP contribution in [0, 0.1) is 10.1 Å². The number of benzene rings is 2. The molecule has 0 aliphatic carbocycles. The Balaban J connectivity index is 1.77. The summed E-state index contributed by atoms with van der Waals surface area (Å²) in [6, 6.07) is 15.2. The van der Waals surface area contributed by atoms with Gasteiger partial charge in [-0.1, -0.05) is 24.3 Å². The van der Waals surface area contributed by atoms with E-state index in [2.05, 4.69) is 10.0 Å². The summed E-state index contributed by atoms with van der Waals surface area (Å²) in [5.74, 6) is -0.428. The van der Waals surface area contributed by atoms with Gasteiger partial charge in [0, 0.05) is 23.2 Å². The van der Waals surface area contributed by atoms with Crippen molar-refractivity contribution in [2.45, 2.75) is 4.90 Å². The number of nitrogens with zero attached hydrogens (tertiary/aromatic N) is 1. The maximum atomic E-state index is 12.5. The lowest BCUT2D eigenvalue weighted by molar-refractivity contribution is -0.384. The van der Waals surface area contributed by atoms with Crippen LogP contribution in [0.4, 0.5) is 17.1 Å². The van der Waals surface area contributed by atoms with E-state index >= 15 is 0 Å². The summed E-state index contributed by atoms with van der Waals surface area (Å²) in [6.07, 6.45) is 0. The van der Waals surface area contributed by atoms with Crippen molar-refractivity contribution in [3.8, 4) is 0 Å². The number of hydrogen-bond donors (Lipinski definition) is 2. The monoisotopic (exact) mass is 403 g/mol. The van der Waals surface area contributed by atoms with Crippen molar-refractivity contribution in [1.29, 1.82) is 0 Å². The standard InChI is InChI=1S/C17H13N3O5S2/c21-17(18-12-5-2-1-3-6-12)16-10-15(11-26-16)27(24,25)19-13-7-4-8-14(9-13)20(22)23/h1-11,19H,(H,18,21). The topological polar surface area (TPSA) is 118 Å². The van der Waals surface area contributed by atoms with Gasteiger partial charge in [0.1, 0.15) is 0 Å². The zero-order valence-electron chi connectivity index (χ0n) is 13.7. The van der Waals surface area contributed by atoms with Gasteiger partial charge < -0.3 is 5.32 Å². The van der Waals surface area contributed by atoms with Gasteiger partial charge in [0.05, 0.1) is 20.4 Å². The zero-order chi connectivity index (χ0) is 19.4. The Morgan fingerprint density at radius 3 is 2.41 bits per heavy atom. The molecule has 3 aromatic rings. The maximum Gasteiger partial charge on any atom is 0.271 e. The lowest BCUT2D eigenvalue weighted by Crippen LogP contribution is -2.13. The van der Waals surface area contributed by atoms with E-state index in [0.29, 0.717) is 5.69 Å². The fourth-order valence-corrected chi connectivity index (χ4v) is 4.41. The molecule has 1 aromatic heterocycles. The molecule has 0 atom stereocenters. The van der Waals surface area contributed by atoms with Crippen LogP contribution in [0.2, 0.25) is 0 Å². The molecule has 0 bridgehead atoms. The second-order valence-electron chi connectivity index (χ2n) is 5.38. The fraction of sp³-hybridized carbons (Fsp3) is 0. The van der Waals surface area contributed by atoms with E-state index in [-0.39, 0.29) is 21.1 Å². The lowest BCUT2D eigenvalue weighted by Gasteiger charge is -2.06. The second kappa shape index (κ2) is 7.56. The SMILES string of the molecule is O=C(Nc1ccccc1)c1cc(S(=O)(=O)Nc2cccc([N+](=O)[O-])c2)cs1. The Bertz CT molecular complexity index is 1090. The first-order valence-electron chi connectivity index (χ1n) is 7.57. The highest BCUT2D eigenvalue weighted by molar-refractivity contribution is 7.92. The molecule has 8 nitrogen and oxygen atoms in total. The van der Waals surface area contributed by atoms with E-state index < -0.39 is 20.9 Å². The second-order valence-corrected chi connectivity index (χ2v) is 7.97. The highest BCUT2D eigenvalue weighted by Gasteiger charge is 2.20. The van der Waals surface area contributed by atoms with E-state index in [4.69, 9.17) is 0 Å². The number of sulfonamides is 1. The van der Waals surface area contributed by atoms with Crippen molar-refractivity contribution < 1.29 is 18.1 Å². The first-order chi connectivity index (χ1) is 12.8. The van der Waals surface area contributed by atoms with Gasteiger partial charge >= 0.3 is 0 Å². The summed E-state index contributed by atoms with van der Waals surface area (Å²) in [7, 11) is -3.98. The molecule has 138 valence electrons. The molecular formula is C17H13N3O5S2. The quantitative estimate of drug-likeness (QED) is 0.480. The molecule has 1 amide bonds. The minimum absolute atomic E-state index is 0.0608. The Kier molecular flexibility index (Phi) is 5.19. The van der Waals surface area contributed by atoms with Gasteiger partial charge in [0.15, 0.2) is 0 Å².